The smallest absolute Gasteiger partial charge is 0.303 e. The molecular formula is C23H26N2O2. The van der Waals surface area contributed by atoms with E-state index in [1.165, 1.54) is 5.56 Å². The zero-order valence-electron chi connectivity index (χ0n) is 15.7. The Morgan fingerprint density at radius 3 is 2.74 bits per heavy atom. The summed E-state index contributed by atoms with van der Waals surface area (Å²) in [5.41, 5.74) is 4.28. The lowest BCUT2D eigenvalue weighted by atomic mass is 9.95. The highest BCUT2D eigenvalue weighted by Crippen LogP contribution is 2.35. The molecule has 0 radical (unpaired) electrons. The maximum Gasteiger partial charge on any atom is 0.303 e. The average molecular weight is 362 g/mol. The van der Waals surface area contributed by atoms with Gasteiger partial charge in [0.05, 0.1) is 11.6 Å². The van der Waals surface area contributed by atoms with E-state index in [1.54, 1.807) is 0 Å². The summed E-state index contributed by atoms with van der Waals surface area (Å²) in [7, 11) is 0. The van der Waals surface area contributed by atoms with Crippen LogP contribution in [0.1, 0.15) is 66.8 Å². The second kappa shape index (κ2) is 8.83. The Balaban J connectivity index is 1.55. The van der Waals surface area contributed by atoms with Gasteiger partial charge in [-0.25, -0.2) is 0 Å². The Hall–Kier alpha value is -2.64. The predicted octanol–water partition coefficient (Wildman–Crippen LogP) is 4.56. The number of carbonyl (C=O) groups is 1. The lowest BCUT2D eigenvalue weighted by Crippen LogP contribution is -2.29. The maximum absolute atomic E-state index is 10.7. The lowest BCUT2D eigenvalue weighted by Gasteiger charge is -2.20. The first-order valence-corrected chi connectivity index (χ1v) is 9.62. The fraction of sp³-hybridized carbons (Fsp3) is 0.391. The van der Waals surface area contributed by atoms with Gasteiger partial charge < -0.3 is 10.4 Å². The maximum atomic E-state index is 10.7. The minimum atomic E-state index is -0.752. The molecule has 3 unspecified atom stereocenters. The van der Waals surface area contributed by atoms with E-state index in [2.05, 4.69) is 48.6 Å². The van der Waals surface area contributed by atoms with E-state index >= 15 is 0 Å². The van der Waals surface area contributed by atoms with Gasteiger partial charge in [0.25, 0.3) is 0 Å². The van der Waals surface area contributed by atoms with E-state index in [1.807, 2.05) is 18.2 Å². The number of rotatable bonds is 7. The molecular weight excluding hydrogens is 336 g/mol. The quantitative estimate of drug-likeness (QED) is 0.757. The number of carboxylic acids is 1. The summed E-state index contributed by atoms with van der Waals surface area (Å²) in [6.07, 6.45) is 4.19. The van der Waals surface area contributed by atoms with Gasteiger partial charge in [-0.3, -0.25) is 4.79 Å². The molecule has 4 nitrogen and oxygen atoms in total. The number of nitrogens with zero attached hydrogens (tertiary/aromatic N) is 1. The number of aryl methyl sites for hydroxylation is 1. The second-order valence-corrected chi connectivity index (χ2v) is 7.47. The van der Waals surface area contributed by atoms with Crippen molar-refractivity contribution in [2.75, 3.05) is 0 Å². The number of nitriles is 1. The molecule has 0 spiro atoms. The molecule has 0 bridgehead atoms. The van der Waals surface area contributed by atoms with Crippen molar-refractivity contribution in [2.45, 2.75) is 57.0 Å². The number of aliphatic carboxylic acids is 1. The summed E-state index contributed by atoms with van der Waals surface area (Å²) in [6, 6.07) is 19.1. The van der Waals surface area contributed by atoms with Gasteiger partial charge in [-0.1, -0.05) is 36.4 Å². The van der Waals surface area contributed by atoms with Crippen molar-refractivity contribution in [3.63, 3.8) is 0 Å². The van der Waals surface area contributed by atoms with Crippen LogP contribution < -0.4 is 5.32 Å². The lowest BCUT2D eigenvalue weighted by molar-refractivity contribution is -0.136. The number of hydrogen-bond acceptors (Lipinski definition) is 3. The van der Waals surface area contributed by atoms with Crippen LogP contribution in [0.25, 0.3) is 0 Å². The molecule has 0 heterocycles. The molecule has 4 heteroatoms. The minimum absolute atomic E-state index is 0.180. The van der Waals surface area contributed by atoms with Crippen molar-refractivity contribution in [1.82, 2.24) is 5.32 Å². The standard InChI is InChI=1S/C23H26N2O2/c1-16(20-4-2-3-18(13-20)15-24)25-22-11-10-21(14-22)19-8-5-17(6-9-19)7-12-23(26)27/h2-6,8-9,13,16,21-22,25H,7,10-12,14H2,1H3,(H,26,27). The molecule has 140 valence electrons. The van der Waals surface area contributed by atoms with Crippen molar-refractivity contribution >= 4 is 5.97 Å². The Bertz CT molecular complexity index is 823. The van der Waals surface area contributed by atoms with E-state index in [9.17, 15) is 4.79 Å². The molecule has 3 atom stereocenters. The van der Waals surface area contributed by atoms with E-state index in [0.29, 0.717) is 23.9 Å². The van der Waals surface area contributed by atoms with Gasteiger partial charge in [0.15, 0.2) is 0 Å². The zero-order valence-corrected chi connectivity index (χ0v) is 15.7. The summed E-state index contributed by atoms with van der Waals surface area (Å²) in [5, 5.41) is 21.6. The first kappa shape index (κ1) is 19.1. The first-order chi connectivity index (χ1) is 13.0. The summed E-state index contributed by atoms with van der Waals surface area (Å²) >= 11 is 0. The van der Waals surface area contributed by atoms with Crippen LogP contribution in [0.3, 0.4) is 0 Å². The third kappa shape index (κ3) is 5.18. The van der Waals surface area contributed by atoms with Gasteiger partial charge >= 0.3 is 5.97 Å². The Labute approximate surface area is 160 Å². The highest BCUT2D eigenvalue weighted by molar-refractivity contribution is 5.67. The molecule has 27 heavy (non-hydrogen) atoms. The topological polar surface area (TPSA) is 73.1 Å². The van der Waals surface area contributed by atoms with Gasteiger partial charge in [-0.2, -0.15) is 5.26 Å². The van der Waals surface area contributed by atoms with Crippen molar-refractivity contribution in [2.24, 2.45) is 0 Å². The van der Waals surface area contributed by atoms with Gasteiger partial charge in [0.2, 0.25) is 0 Å². The third-order valence-electron chi connectivity index (χ3n) is 5.51. The highest BCUT2D eigenvalue weighted by Gasteiger charge is 2.27. The molecule has 0 aromatic heterocycles. The summed E-state index contributed by atoms with van der Waals surface area (Å²) in [5.74, 6) is -0.202. The normalized spacial score (nSPS) is 20.1. The molecule has 1 aliphatic rings. The first-order valence-electron chi connectivity index (χ1n) is 9.62. The van der Waals surface area contributed by atoms with E-state index in [-0.39, 0.29) is 12.5 Å². The van der Waals surface area contributed by atoms with Crippen LogP contribution in [0.4, 0.5) is 0 Å². The summed E-state index contributed by atoms with van der Waals surface area (Å²) < 4.78 is 0. The molecule has 0 amide bonds. The molecule has 0 aliphatic heterocycles. The highest BCUT2D eigenvalue weighted by atomic mass is 16.4. The number of hydrogen-bond donors (Lipinski definition) is 2. The van der Waals surface area contributed by atoms with Gasteiger partial charge in [0, 0.05) is 18.5 Å². The monoisotopic (exact) mass is 362 g/mol. The van der Waals surface area contributed by atoms with Gasteiger partial charge in [0.1, 0.15) is 0 Å². The summed E-state index contributed by atoms with van der Waals surface area (Å²) in [6.45, 7) is 2.15. The van der Waals surface area contributed by atoms with Crippen molar-refractivity contribution < 1.29 is 9.90 Å². The number of benzene rings is 2. The van der Waals surface area contributed by atoms with Crippen LogP contribution in [0, 0.1) is 11.3 Å². The number of carboxylic acid groups (broad SMARTS) is 1. The Morgan fingerprint density at radius 2 is 2.04 bits per heavy atom. The average Bonchev–Trinajstić information content (AvgIpc) is 3.15. The van der Waals surface area contributed by atoms with Crippen molar-refractivity contribution in [3.05, 3.63) is 70.8 Å². The molecule has 2 aromatic carbocycles. The van der Waals surface area contributed by atoms with Crippen LogP contribution in [0.2, 0.25) is 0 Å². The van der Waals surface area contributed by atoms with Crippen LogP contribution in [-0.4, -0.2) is 17.1 Å². The van der Waals surface area contributed by atoms with Gasteiger partial charge in [-0.15, -0.1) is 0 Å². The van der Waals surface area contributed by atoms with E-state index in [0.717, 1.165) is 30.4 Å². The second-order valence-electron chi connectivity index (χ2n) is 7.47. The van der Waals surface area contributed by atoms with Crippen molar-refractivity contribution in [1.29, 1.82) is 5.26 Å². The van der Waals surface area contributed by atoms with Gasteiger partial charge in [-0.05, 0) is 67.3 Å². The fourth-order valence-corrected chi connectivity index (χ4v) is 3.97. The largest absolute Gasteiger partial charge is 0.481 e. The predicted molar refractivity (Wildman–Crippen MR) is 105 cm³/mol. The molecule has 3 rings (SSSR count). The molecule has 1 aliphatic carbocycles. The summed E-state index contributed by atoms with van der Waals surface area (Å²) in [4.78, 5) is 10.7. The third-order valence-corrected chi connectivity index (χ3v) is 5.51. The molecule has 0 saturated heterocycles. The molecule has 1 saturated carbocycles. The Morgan fingerprint density at radius 1 is 1.26 bits per heavy atom. The van der Waals surface area contributed by atoms with Crippen LogP contribution in [-0.2, 0) is 11.2 Å². The zero-order chi connectivity index (χ0) is 19.2. The number of nitrogens with one attached hydrogen (secondary N) is 1. The SMILES string of the molecule is CC(NC1CCC(c2ccc(CCC(=O)O)cc2)C1)c1cccc(C#N)c1. The minimum Gasteiger partial charge on any atom is -0.481 e. The molecule has 2 N–H and O–H groups in total. The fourth-order valence-electron chi connectivity index (χ4n) is 3.97. The van der Waals surface area contributed by atoms with Crippen LogP contribution in [0.15, 0.2) is 48.5 Å². The Kier molecular flexibility index (Phi) is 6.26. The molecule has 1 fully saturated rings. The van der Waals surface area contributed by atoms with E-state index in [4.69, 9.17) is 10.4 Å². The van der Waals surface area contributed by atoms with Crippen LogP contribution in [0.5, 0.6) is 0 Å². The van der Waals surface area contributed by atoms with Crippen molar-refractivity contribution in [3.8, 4) is 6.07 Å². The van der Waals surface area contributed by atoms with Crippen LogP contribution >= 0.6 is 0 Å². The van der Waals surface area contributed by atoms with E-state index < -0.39 is 5.97 Å². The molecule has 2 aromatic rings.